The van der Waals surface area contributed by atoms with Crippen LogP contribution < -0.4 is 0 Å². The van der Waals surface area contributed by atoms with E-state index in [0.29, 0.717) is 6.10 Å². The highest BCUT2D eigenvalue weighted by atomic mass is 28.2. The van der Waals surface area contributed by atoms with Crippen molar-refractivity contribution < 1.29 is 9.16 Å². The van der Waals surface area contributed by atoms with Crippen molar-refractivity contribution in [1.82, 2.24) is 0 Å². The topological polar surface area (TPSA) is 18.5 Å². The predicted octanol–water partition coefficient (Wildman–Crippen LogP) is 0.879. The minimum atomic E-state index is 0.462. The molecule has 0 aromatic heterocycles. The Labute approximate surface area is 72.8 Å². The zero-order valence-corrected chi connectivity index (χ0v) is 9.93. The van der Waals surface area contributed by atoms with Crippen LogP contribution in [0.2, 0.25) is 0 Å². The van der Waals surface area contributed by atoms with Gasteiger partial charge in [-0.05, 0) is 19.3 Å². The maximum Gasteiger partial charge on any atom is 0.145 e. The first kappa shape index (κ1) is 11.1. The van der Waals surface area contributed by atoms with Crippen molar-refractivity contribution in [2.75, 3.05) is 13.2 Å². The van der Waals surface area contributed by atoms with Crippen molar-refractivity contribution in [2.45, 2.75) is 39.2 Å². The van der Waals surface area contributed by atoms with Crippen LogP contribution in [0.25, 0.3) is 0 Å². The van der Waals surface area contributed by atoms with Gasteiger partial charge in [-0.15, -0.1) is 0 Å². The van der Waals surface area contributed by atoms with Crippen molar-refractivity contribution >= 4 is 10.5 Å². The molecule has 0 atom stereocenters. The summed E-state index contributed by atoms with van der Waals surface area (Å²) in [5.41, 5.74) is 0. The Morgan fingerprint density at radius 3 is 2.27 bits per heavy atom. The Bertz CT molecular complexity index is 74.5. The Morgan fingerprint density at radius 1 is 1.18 bits per heavy atom. The lowest BCUT2D eigenvalue weighted by Gasteiger charge is -2.13. The molecule has 0 bridgehead atoms. The molecule has 0 heterocycles. The molecule has 0 N–H and O–H groups in total. The van der Waals surface area contributed by atoms with Crippen LogP contribution in [0.5, 0.6) is 0 Å². The molecule has 0 aromatic carbocycles. The van der Waals surface area contributed by atoms with Crippen molar-refractivity contribution in [3.05, 3.63) is 0 Å². The zero-order chi connectivity index (χ0) is 8.53. The Kier molecular flexibility index (Phi) is 8.34. The van der Waals surface area contributed by atoms with E-state index in [1.165, 1.54) is 0 Å². The van der Waals surface area contributed by atoms with Crippen LogP contribution in [-0.4, -0.2) is 29.8 Å². The van der Waals surface area contributed by atoms with Crippen LogP contribution >= 0.6 is 0 Å². The first-order chi connectivity index (χ1) is 5.35. The van der Waals surface area contributed by atoms with Crippen LogP contribution in [0.3, 0.4) is 0 Å². The second kappa shape index (κ2) is 8.24. The van der Waals surface area contributed by atoms with Crippen molar-refractivity contribution in [3.8, 4) is 0 Å². The fourth-order valence-corrected chi connectivity index (χ4v) is 1.27. The summed E-state index contributed by atoms with van der Waals surface area (Å²) < 4.78 is 10.6. The molecule has 3 heteroatoms. The van der Waals surface area contributed by atoms with Crippen LogP contribution in [0, 0.1) is 0 Å². The Balaban J connectivity index is 3.07. The molecule has 0 unspecified atom stereocenters. The van der Waals surface area contributed by atoms with Gasteiger partial charge in [0.2, 0.25) is 0 Å². The first-order valence-corrected chi connectivity index (χ1v) is 5.27. The minimum Gasteiger partial charge on any atom is -0.428 e. The van der Waals surface area contributed by atoms with Crippen LogP contribution in [0.15, 0.2) is 0 Å². The van der Waals surface area contributed by atoms with Crippen LogP contribution in [-0.2, 0) is 9.16 Å². The lowest BCUT2D eigenvalue weighted by molar-refractivity contribution is 0.0415. The summed E-state index contributed by atoms with van der Waals surface area (Å²) >= 11 is 0. The molecule has 0 aliphatic rings. The molecule has 0 amide bonds. The largest absolute Gasteiger partial charge is 0.428 e. The van der Waals surface area contributed by atoms with E-state index in [9.17, 15) is 0 Å². The summed E-state index contributed by atoms with van der Waals surface area (Å²) in [7, 11) is 0.848. The van der Waals surface area contributed by atoms with Crippen molar-refractivity contribution in [1.29, 1.82) is 0 Å². The molecule has 0 radical (unpaired) electrons. The van der Waals surface area contributed by atoms with Crippen LogP contribution in [0.1, 0.15) is 33.1 Å². The van der Waals surface area contributed by atoms with Gasteiger partial charge in [-0.25, -0.2) is 0 Å². The third-order valence-electron chi connectivity index (χ3n) is 1.76. The molecule has 2 nitrogen and oxygen atoms in total. The smallest absolute Gasteiger partial charge is 0.145 e. The molecule has 0 rings (SSSR count). The quantitative estimate of drug-likeness (QED) is 0.423. The summed E-state index contributed by atoms with van der Waals surface area (Å²) in [6, 6.07) is 0. The number of hydrogen-bond acceptors (Lipinski definition) is 2. The molecule has 0 fully saturated rings. The molecule has 0 aliphatic heterocycles. The molecule has 68 valence electrons. The second-order valence-electron chi connectivity index (χ2n) is 2.66. The van der Waals surface area contributed by atoms with Gasteiger partial charge in [0.25, 0.3) is 0 Å². The monoisotopic (exact) mass is 176 g/mol. The molecule has 0 aromatic rings. The van der Waals surface area contributed by atoms with E-state index < -0.39 is 0 Å². The molecular formula is C8H20O2Si. The first-order valence-electron chi connectivity index (χ1n) is 4.45. The van der Waals surface area contributed by atoms with Crippen LogP contribution in [0.4, 0.5) is 0 Å². The maximum atomic E-state index is 5.58. The van der Waals surface area contributed by atoms with Gasteiger partial charge in [-0.2, -0.15) is 0 Å². The highest BCUT2D eigenvalue weighted by molar-refractivity contribution is 5.97. The number of rotatable bonds is 7. The SMILES string of the molecule is CCC(CC)OCCCO[SiH3]. The summed E-state index contributed by atoms with van der Waals surface area (Å²) in [5.74, 6) is 0. The average molecular weight is 176 g/mol. The van der Waals surface area contributed by atoms with Gasteiger partial charge < -0.3 is 9.16 Å². The highest BCUT2D eigenvalue weighted by Gasteiger charge is 2.01. The van der Waals surface area contributed by atoms with Gasteiger partial charge in [0.15, 0.2) is 0 Å². The van der Waals surface area contributed by atoms with E-state index in [-0.39, 0.29) is 0 Å². The maximum absolute atomic E-state index is 5.58. The van der Waals surface area contributed by atoms with Crippen molar-refractivity contribution in [3.63, 3.8) is 0 Å². The second-order valence-corrected chi connectivity index (χ2v) is 3.23. The summed E-state index contributed by atoms with van der Waals surface area (Å²) in [6.07, 6.45) is 3.75. The van der Waals surface area contributed by atoms with Gasteiger partial charge in [0.05, 0.1) is 6.10 Å². The third-order valence-corrected chi connectivity index (χ3v) is 2.17. The lowest BCUT2D eigenvalue weighted by Crippen LogP contribution is -2.12. The molecule has 0 spiro atoms. The highest BCUT2D eigenvalue weighted by Crippen LogP contribution is 2.02. The third kappa shape index (κ3) is 6.53. The van der Waals surface area contributed by atoms with E-state index in [2.05, 4.69) is 13.8 Å². The molecule has 11 heavy (non-hydrogen) atoms. The van der Waals surface area contributed by atoms with E-state index in [1.807, 2.05) is 0 Å². The fourth-order valence-electron chi connectivity index (χ4n) is 0.978. The summed E-state index contributed by atoms with van der Waals surface area (Å²) in [4.78, 5) is 0. The van der Waals surface area contributed by atoms with E-state index >= 15 is 0 Å². The molecular weight excluding hydrogens is 156 g/mol. The summed E-state index contributed by atoms with van der Waals surface area (Å²) in [5, 5.41) is 0. The standard InChI is InChI=1S/C8H20O2Si/c1-3-8(4-2)9-6-5-7-10-11/h8H,3-7H2,1-2,11H3. The average Bonchev–Trinajstić information content (AvgIpc) is 2.05. The van der Waals surface area contributed by atoms with Gasteiger partial charge in [-0.3, -0.25) is 0 Å². The van der Waals surface area contributed by atoms with Crippen molar-refractivity contribution in [2.24, 2.45) is 0 Å². The minimum absolute atomic E-state index is 0.462. The number of ether oxygens (including phenoxy) is 1. The van der Waals surface area contributed by atoms with Gasteiger partial charge in [0.1, 0.15) is 10.5 Å². The van der Waals surface area contributed by atoms with E-state index in [0.717, 1.165) is 43.0 Å². The van der Waals surface area contributed by atoms with E-state index in [1.54, 1.807) is 0 Å². The Hall–Kier alpha value is 0.137. The van der Waals surface area contributed by atoms with Gasteiger partial charge >= 0.3 is 0 Å². The normalized spacial score (nSPS) is 11.2. The molecule has 0 saturated carbocycles. The Morgan fingerprint density at radius 2 is 1.82 bits per heavy atom. The van der Waals surface area contributed by atoms with E-state index in [4.69, 9.17) is 9.16 Å². The number of hydrogen-bond donors (Lipinski definition) is 0. The lowest BCUT2D eigenvalue weighted by atomic mass is 10.2. The fraction of sp³-hybridized carbons (Fsp3) is 1.00. The zero-order valence-electron chi connectivity index (χ0n) is 7.93. The molecule has 0 saturated heterocycles. The molecule has 0 aliphatic carbocycles. The van der Waals surface area contributed by atoms with Gasteiger partial charge in [0, 0.05) is 13.2 Å². The predicted molar refractivity (Wildman–Crippen MR) is 50.8 cm³/mol. The van der Waals surface area contributed by atoms with Gasteiger partial charge in [-0.1, -0.05) is 13.8 Å². The summed E-state index contributed by atoms with van der Waals surface area (Å²) in [6.45, 7) is 6.05.